The number of fused-ring (bicyclic) bond motifs is 5. The predicted octanol–water partition coefficient (Wildman–Crippen LogP) is 3.98. The fraction of sp³-hybridized carbons (Fsp3) is 1.00. The fourth-order valence-corrected chi connectivity index (χ4v) is 7.71. The molecule has 4 aliphatic carbocycles. The molecule has 4 fully saturated rings. The highest BCUT2D eigenvalue weighted by Crippen LogP contribution is 2.66. The van der Waals surface area contributed by atoms with Gasteiger partial charge in [0, 0.05) is 6.04 Å². The topological polar surface area (TPSA) is 32.3 Å². The van der Waals surface area contributed by atoms with E-state index in [2.05, 4.69) is 26.2 Å². The minimum absolute atomic E-state index is 0.0105. The lowest BCUT2D eigenvalue weighted by Gasteiger charge is -2.61. The zero-order chi connectivity index (χ0) is 15.5. The third-order valence-corrected chi connectivity index (χ3v) is 8.99. The minimum atomic E-state index is -0.0105. The van der Waals surface area contributed by atoms with E-state index in [9.17, 15) is 5.11 Å². The second kappa shape index (κ2) is 5.21. The standard InChI is InChI=1S/C20H35NO/c1-19-10-8-14(22)12-13(19)4-5-15-16-6-7-18(21-3)20(16,2)11-9-17(15)19/h13-18,21-22H,4-12H2,1-3H3/t13-,14?,15?,16?,17?,18?,19-,20-/m0/s1. The normalized spacial score (nSPS) is 57.8. The third kappa shape index (κ3) is 1.99. The smallest absolute Gasteiger partial charge is 0.0543 e. The zero-order valence-corrected chi connectivity index (χ0v) is 14.8. The first-order valence-electron chi connectivity index (χ1n) is 9.84. The zero-order valence-electron chi connectivity index (χ0n) is 14.8. The molecule has 126 valence electrons. The maximum atomic E-state index is 10.1. The molecule has 0 saturated heterocycles. The summed E-state index contributed by atoms with van der Waals surface area (Å²) in [6.07, 6.45) is 11.9. The van der Waals surface area contributed by atoms with Crippen LogP contribution in [-0.2, 0) is 0 Å². The molecule has 0 aromatic rings. The lowest BCUT2D eigenvalue weighted by Crippen LogP contribution is -2.55. The monoisotopic (exact) mass is 305 g/mol. The van der Waals surface area contributed by atoms with Crippen LogP contribution in [-0.4, -0.2) is 24.3 Å². The van der Waals surface area contributed by atoms with Crippen LogP contribution in [0.2, 0.25) is 0 Å². The summed E-state index contributed by atoms with van der Waals surface area (Å²) in [4.78, 5) is 0. The highest BCUT2D eigenvalue weighted by molar-refractivity contribution is 5.10. The summed E-state index contributed by atoms with van der Waals surface area (Å²) in [5.74, 6) is 3.65. The van der Waals surface area contributed by atoms with Crippen LogP contribution in [0.15, 0.2) is 0 Å². The molecule has 4 saturated carbocycles. The average Bonchev–Trinajstić information content (AvgIpc) is 2.84. The lowest BCUT2D eigenvalue weighted by molar-refractivity contribution is -0.123. The molecular weight excluding hydrogens is 270 g/mol. The molecular formula is C20H35NO. The summed E-state index contributed by atoms with van der Waals surface area (Å²) in [7, 11) is 2.17. The quantitative estimate of drug-likeness (QED) is 0.768. The maximum Gasteiger partial charge on any atom is 0.0543 e. The molecule has 8 atom stereocenters. The first kappa shape index (κ1) is 15.4. The van der Waals surface area contributed by atoms with Crippen molar-refractivity contribution in [1.82, 2.24) is 5.32 Å². The van der Waals surface area contributed by atoms with Gasteiger partial charge in [-0.1, -0.05) is 13.8 Å². The highest BCUT2D eigenvalue weighted by Gasteiger charge is 2.59. The first-order chi connectivity index (χ1) is 10.5. The second-order valence-electron chi connectivity index (χ2n) is 9.55. The summed E-state index contributed by atoms with van der Waals surface area (Å²) in [5.41, 5.74) is 1.08. The molecule has 0 aliphatic heterocycles. The molecule has 0 radical (unpaired) electrons. The molecule has 2 heteroatoms. The van der Waals surface area contributed by atoms with Gasteiger partial charge in [-0.2, -0.15) is 0 Å². The molecule has 0 heterocycles. The molecule has 2 nitrogen and oxygen atoms in total. The highest BCUT2D eigenvalue weighted by atomic mass is 16.3. The SMILES string of the molecule is CNC1CCC2C3CC[C@H]4CC(O)CC[C@]4(C)C3CC[C@]12C. The van der Waals surface area contributed by atoms with Crippen LogP contribution in [0.25, 0.3) is 0 Å². The van der Waals surface area contributed by atoms with Crippen molar-refractivity contribution in [1.29, 1.82) is 0 Å². The van der Waals surface area contributed by atoms with E-state index in [0.717, 1.165) is 42.6 Å². The van der Waals surface area contributed by atoms with Gasteiger partial charge >= 0.3 is 0 Å². The maximum absolute atomic E-state index is 10.1. The van der Waals surface area contributed by atoms with E-state index in [1.54, 1.807) is 0 Å². The van der Waals surface area contributed by atoms with Gasteiger partial charge in [0.1, 0.15) is 0 Å². The Morgan fingerprint density at radius 1 is 0.864 bits per heavy atom. The Morgan fingerprint density at radius 3 is 2.36 bits per heavy atom. The fourth-order valence-electron chi connectivity index (χ4n) is 7.71. The van der Waals surface area contributed by atoms with Crippen LogP contribution in [0.4, 0.5) is 0 Å². The molecule has 0 bridgehead atoms. The van der Waals surface area contributed by atoms with Crippen LogP contribution in [0, 0.1) is 34.5 Å². The van der Waals surface area contributed by atoms with E-state index in [1.807, 2.05) is 0 Å². The van der Waals surface area contributed by atoms with Gasteiger partial charge in [-0.15, -0.1) is 0 Å². The molecule has 2 N–H and O–H groups in total. The summed E-state index contributed by atoms with van der Waals surface area (Å²) in [5, 5.41) is 13.7. The van der Waals surface area contributed by atoms with Crippen LogP contribution < -0.4 is 5.32 Å². The van der Waals surface area contributed by atoms with Crippen molar-refractivity contribution in [3.05, 3.63) is 0 Å². The van der Waals surface area contributed by atoms with Crippen LogP contribution in [0.3, 0.4) is 0 Å². The Morgan fingerprint density at radius 2 is 1.59 bits per heavy atom. The number of aliphatic hydroxyl groups is 1. The molecule has 0 amide bonds. The second-order valence-corrected chi connectivity index (χ2v) is 9.55. The molecule has 5 unspecified atom stereocenters. The Balaban J connectivity index is 1.61. The van der Waals surface area contributed by atoms with Crippen molar-refractivity contribution < 1.29 is 5.11 Å². The minimum Gasteiger partial charge on any atom is -0.393 e. The van der Waals surface area contributed by atoms with Gasteiger partial charge in [-0.05, 0) is 99.3 Å². The van der Waals surface area contributed by atoms with Gasteiger partial charge in [0.15, 0.2) is 0 Å². The van der Waals surface area contributed by atoms with Gasteiger partial charge in [0.05, 0.1) is 6.10 Å². The van der Waals surface area contributed by atoms with Gasteiger partial charge < -0.3 is 10.4 Å². The van der Waals surface area contributed by atoms with E-state index in [1.165, 1.54) is 44.9 Å². The van der Waals surface area contributed by atoms with Gasteiger partial charge in [-0.25, -0.2) is 0 Å². The van der Waals surface area contributed by atoms with Crippen LogP contribution in [0.1, 0.15) is 71.6 Å². The molecule has 4 rings (SSSR count). The van der Waals surface area contributed by atoms with E-state index in [0.29, 0.717) is 10.8 Å². The van der Waals surface area contributed by atoms with E-state index < -0.39 is 0 Å². The third-order valence-electron chi connectivity index (χ3n) is 8.99. The van der Waals surface area contributed by atoms with Crippen molar-refractivity contribution in [3.63, 3.8) is 0 Å². The van der Waals surface area contributed by atoms with Crippen LogP contribution >= 0.6 is 0 Å². The van der Waals surface area contributed by atoms with Crippen molar-refractivity contribution in [3.8, 4) is 0 Å². The largest absolute Gasteiger partial charge is 0.393 e. The lowest BCUT2D eigenvalue weighted by atomic mass is 9.45. The molecule has 0 aromatic carbocycles. The number of aliphatic hydroxyl groups excluding tert-OH is 1. The van der Waals surface area contributed by atoms with Crippen molar-refractivity contribution in [2.45, 2.75) is 83.8 Å². The van der Waals surface area contributed by atoms with Crippen molar-refractivity contribution in [2.75, 3.05) is 7.05 Å². The average molecular weight is 306 g/mol. The van der Waals surface area contributed by atoms with Gasteiger partial charge in [0.25, 0.3) is 0 Å². The Kier molecular flexibility index (Phi) is 3.66. The van der Waals surface area contributed by atoms with Crippen molar-refractivity contribution in [2.24, 2.45) is 34.5 Å². The Bertz CT molecular complexity index is 437. The van der Waals surface area contributed by atoms with E-state index in [-0.39, 0.29) is 6.10 Å². The first-order valence-corrected chi connectivity index (χ1v) is 9.84. The predicted molar refractivity (Wildman–Crippen MR) is 90.6 cm³/mol. The molecule has 4 aliphatic rings. The number of hydrogen-bond donors (Lipinski definition) is 2. The summed E-state index contributed by atoms with van der Waals surface area (Å²) >= 11 is 0. The Labute approximate surface area is 136 Å². The van der Waals surface area contributed by atoms with Crippen molar-refractivity contribution >= 4 is 0 Å². The molecule has 0 aromatic heterocycles. The number of hydrogen-bond acceptors (Lipinski definition) is 2. The van der Waals surface area contributed by atoms with E-state index in [4.69, 9.17) is 0 Å². The summed E-state index contributed by atoms with van der Waals surface area (Å²) in [6.45, 7) is 5.18. The van der Waals surface area contributed by atoms with Gasteiger partial charge in [-0.3, -0.25) is 0 Å². The summed E-state index contributed by atoms with van der Waals surface area (Å²) < 4.78 is 0. The Hall–Kier alpha value is -0.0800. The summed E-state index contributed by atoms with van der Waals surface area (Å²) in [6, 6.07) is 0.747. The number of nitrogens with one attached hydrogen (secondary N) is 1. The molecule has 22 heavy (non-hydrogen) atoms. The number of rotatable bonds is 1. The van der Waals surface area contributed by atoms with E-state index >= 15 is 0 Å². The molecule has 0 spiro atoms. The van der Waals surface area contributed by atoms with Gasteiger partial charge in [0.2, 0.25) is 0 Å². The van der Waals surface area contributed by atoms with Crippen LogP contribution in [0.5, 0.6) is 0 Å².